The van der Waals surface area contributed by atoms with Gasteiger partial charge < -0.3 is 20.1 Å². The lowest BCUT2D eigenvalue weighted by atomic mass is 10.1. The van der Waals surface area contributed by atoms with Crippen LogP contribution in [-0.2, 0) is 27.8 Å². The Hall–Kier alpha value is -1.89. The van der Waals surface area contributed by atoms with Crippen LogP contribution in [0.4, 0.5) is 0 Å². The van der Waals surface area contributed by atoms with E-state index >= 15 is 0 Å². The first-order chi connectivity index (χ1) is 14.3. The van der Waals surface area contributed by atoms with Crippen molar-refractivity contribution in [1.82, 2.24) is 10.6 Å². The Kier molecular flexibility index (Phi) is 9.54. The molecule has 0 spiro atoms. The van der Waals surface area contributed by atoms with E-state index in [1.54, 1.807) is 19.2 Å². The van der Waals surface area contributed by atoms with Gasteiger partial charge in [-0.1, -0.05) is 24.3 Å². The number of hydrogen-bond acceptors (Lipinski definition) is 5. The molecule has 0 saturated carbocycles. The number of nitrogens with two attached hydrogens (primary N) is 1. The van der Waals surface area contributed by atoms with Crippen LogP contribution in [0.2, 0.25) is 0 Å². The van der Waals surface area contributed by atoms with Crippen LogP contribution in [0.15, 0.2) is 52.4 Å². The lowest BCUT2D eigenvalue weighted by Gasteiger charge is -2.18. The smallest absolute Gasteiger partial charge is 0.238 e. The fraction of sp³-hybridized carbons (Fsp3) is 0.381. The number of aliphatic imine (C=N–C) groups is 1. The zero-order valence-corrected chi connectivity index (χ0v) is 20.8. The van der Waals surface area contributed by atoms with Crippen LogP contribution in [0.3, 0.4) is 0 Å². The molecule has 1 aliphatic rings. The first-order valence-corrected chi connectivity index (χ1v) is 11.3. The van der Waals surface area contributed by atoms with Crippen molar-refractivity contribution >= 4 is 40.0 Å². The van der Waals surface area contributed by atoms with Crippen molar-refractivity contribution in [1.29, 1.82) is 0 Å². The molecule has 1 saturated heterocycles. The molecule has 1 aliphatic heterocycles. The number of aryl methyl sites for hydroxylation is 1. The lowest BCUT2D eigenvalue weighted by molar-refractivity contribution is 0.140. The number of benzene rings is 2. The molecule has 31 heavy (non-hydrogen) atoms. The van der Waals surface area contributed by atoms with Crippen LogP contribution >= 0.6 is 24.0 Å². The summed E-state index contributed by atoms with van der Waals surface area (Å²) in [6.07, 6.45) is 0.968. The molecule has 2 aromatic carbocycles. The largest absolute Gasteiger partial charge is 0.488 e. The third kappa shape index (κ3) is 7.63. The van der Waals surface area contributed by atoms with Crippen molar-refractivity contribution in [2.45, 2.75) is 37.4 Å². The summed E-state index contributed by atoms with van der Waals surface area (Å²) in [5.74, 6) is 1.43. The highest BCUT2D eigenvalue weighted by Crippen LogP contribution is 2.23. The van der Waals surface area contributed by atoms with Gasteiger partial charge in [0, 0.05) is 32.1 Å². The van der Waals surface area contributed by atoms with Crippen LogP contribution in [0.5, 0.6) is 5.75 Å². The molecule has 1 unspecified atom stereocenters. The van der Waals surface area contributed by atoms with E-state index in [-0.39, 0.29) is 35.0 Å². The van der Waals surface area contributed by atoms with Gasteiger partial charge in [-0.2, -0.15) is 0 Å². The van der Waals surface area contributed by atoms with Crippen molar-refractivity contribution in [2.75, 3.05) is 20.3 Å². The van der Waals surface area contributed by atoms with E-state index in [2.05, 4.69) is 15.6 Å². The van der Waals surface area contributed by atoms with E-state index in [0.717, 1.165) is 35.5 Å². The molecule has 1 atom stereocenters. The van der Waals surface area contributed by atoms with Gasteiger partial charge in [0.15, 0.2) is 5.96 Å². The zero-order valence-electron chi connectivity index (χ0n) is 17.6. The molecule has 8 nitrogen and oxygen atoms in total. The molecule has 0 aliphatic carbocycles. The molecular formula is C21H29IN4O4S. The monoisotopic (exact) mass is 560 g/mol. The van der Waals surface area contributed by atoms with E-state index in [1.165, 1.54) is 6.07 Å². The molecule has 0 radical (unpaired) electrons. The SMILES string of the molecule is CN=C(NCc1cccc(S(N)(=O)=O)c1)NCc1ccc(C)cc1OC1CCOC1.I. The molecule has 4 N–H and O–H groups in total. The fourth-order valence-corrected chi connectivity index (χ4v) is 3.70. The maximum Gasteiger partial charge on any atom is 0.238 e. The summed E-state index contributed by atoms with van der Waals surface area (Å²) in [5, 5.41) is 11.7. The average Bonchev–Trinajstić information content (AvgIpc) is 3.22. The van der Waals surface area contributed by atoms with E-state index in [9.17, 15) is 8.42 Å². The van der Waals surface area contributed by atoms with Crippen LogP contribution < -0.4 is 20.5 Å². The highest BCUT2D eigenvalue weighted by atomic mass is 127. The highest BCUT2D eigenvalue weighted by Gasteiger charge is 2.19. The summed E-state index contributed by atoms with van der Waals surface area (Å²) in [6.45, 7) is 4.31. The minimum atomic E-state index is -3.73. The molecular weight excluding hydrogens is 531 g/mol. The van der Waals surface area contributed by atoms with Crippen molar-refractivity contribution in [3.05, 3.63) is 59.2 Å². The molecule has 0 aromatic heterocycles. The Balaban J connectivity index is 0.00000341. The first kappa shape index (κ1) is 25.4. The predicted molar refractivity (Wildman–Crippen MR) is 131 cm³/mol. The first-order valence-electron chi connectivity index (χ1n) is 9.75. The van der Waals surface area contributed by atoms with Crippen LogP contribution in [-0.4, -0.2) is 40.7 Å². The third-order valence-electron chi connectivity index (χ3n) is 4.76. The Bertz CT molecular complexity index is 1010. The molecule has 1 heterocycles. The number of nitrogens with zero attached hydrogens (tertiary/aromatic N) is 1. The molecule has 2 aromatic rings. The second-order valence-electron chi connectivity index (χ2n) is 7.19. The normalized spacial score (nSPS) is 16.5. The Morgan fingerprint density at radius 1 is 1.23 bits per heavy atom. The maximum atomic E-state index is 11.5. The van der Waals surface area contributed by atoms with Gasteiger partial charge in [-0.15, -0.1) is 24.0 Å². The second kappa shape index (κ2) is 11.7. The molecule has 1 fully saturated rings. The highest BCUT2D eigenvalue weighted by molar-refractivity contribution is 14.0. The van der Waals surface area contributed by atoms with Gasteiger partial charge in [0.25, 0.3) is 0 Å². The zero-order chi connectivity index (χ0) is 21.6. The van der Waals surface area contributed by atoms with Gasteiger partial charge in [0.05, 0.1) is 18.1 Å². The quantitative estimate of drug-likeness (QED) is 0.272. The van der Waals surface area contributed by atoms with Gasteiger partial charge in [0.2, 0.25) is 10.0 Å². The van der Waals surface area contributed by atoms with E-state index < -0.39 is 10.0 Å². The molecule has 0 amide bonds. The maximum absolute atomic E-state index is 11.5. The summed E-state index contributed by atoms with van der Waals surface area (Å²) in [4.78, 5) is 4.32. The molecule has 170 valence electrons. The standard InChI is InChI=1S/C21H28N4O4S.HI/c1-15-6-7-17(20(10-15)29-18-8-9-28-14-18)13-25-21(23-2)24-12-16-4-3-5-19(11-16)30(22,26)27;/h3-7,10-11,18H,8-9,12-14H2,1-2H3,(H2,22,26,27)(H2,23,24,25);1H. The van der Waals surface area contributed by atoms with Crippen LogP contribution in [0, 0.1) is 6.92 Å². The summed E-state index contributed by atoms with van der Waals surface area (Å²) >= 11 is 0. The van der Waals surface area contributed by atoms with E-state index in [0.29, 0.717) is 25.7 Å². The van der Waals surface area contributed by atoms with Gasteiger partial charge in [0.1, 0.15) is 11.9 Å². The number of nitrogens with one attached hydrogen (secondary N) is 2. The van der Waals surface area contributed by atoms with Crippen molar-refractivity contribution in [3.8, 4) is 5.75 Å². The van der Waals surface area contributed by atoms with E-state index in [4.69, 9.17) is 14.6 Å². The average molecular weight is 560 g/mol. The van der Waals surface area contributed by atoms with Crippen molar-refractivity contribution in [2.24, 2.45) is 10.1 Å². The predicted octanol–water partition coefficient (Wildman–Crippen LogP) is 2.29. The van der Waals surface area contributed by atoms with Gasteiger partial charge in [-0.3, -0.25) is 4.99 Å². The molecule has 3 rings (SSSR count). The minimum Gasteiger partial charge on any atom is -0.488 e. The number of rotatable bonds is 7. The van der Waals surface area contributed by atoms with Crippen molar-refractivity contribution < 1.29 is 17.9 Å². The summed E-state index contributed by atoms with van der Waals surface area (Å²) in [7, 11) is -2.05. The number of sulfonamides is 1. The Morgan fingerprint density at radius 3 is 2.68 bits per heavy atom. The minimum absolute atomic E-state index is 0. The summed E-state index contributed by atoms with van der Waals surface area (Å²) in [6, 6.07) is 12.6. The summed E-state index contributed by atoms with van der Waals surface area (Å²) < 4.78 is 34.6. The number of ether oxygens (including phenoxy) is 2. The van der Waals surface area contributed by atoms with Gasteiger partial charge in [-0.05, 0) is 36.2 Å². The molecule has 10 heteroatoms. The van der Waals surface area contributed by atoms with Crippen LogP contribution in [0.1, 0.15) is 23.1 Å². The lowest BCUT2D eigenvalue weighted by Crippen LogP contribution is -2.36. The summed E-state index contributed by atoms with van der Waals surface area (Å²) in [5.41, 5.74) is 2.93. The third-order valence-corrected chi connectivity index (χ3v) is 5.67. The Labute approximate surface area is 200 Å². The number of guanidine groups is 1. The van der Waals surface area contributed by atoms with Gasteiger partial charge >= 0.3 is 0 Å². The molecule has 0 bridgehead atoms. The topological polar surface area (TPSA) is 115 Å². The number of halogens is 1. The van der Waals surface area contributed by atoms with E-state index in [1.807, 2.05) is 31.2 Å². The number of primary sulfonamides is 1. The van der Waals surface area contributed by atoms with Crippen molar-refractivity contribution in [3.63, 3.8) is 0 Å². The van der Waals surface area contributed by atoms with Gasteiger partial charge in [-0.25, -0.2) is 13.6 Å². The fourth-order valence-electron chi connectivity index (χ4n) is 3.12. The van der Waals surface area contributed by atoms with Crippen LogP contribution in [0.25, 0.3) is 0 Å². The number of hydrogen-bond donors (Lipinski definition) is 3. The Morgan fingerprint density at radius 2 is 2.00 bits per heavy atom. The second-order valence-corrected chi connectivity index (χ2v) is 8.75.